The molecule has 1 aromatic carbocycles. The maximum absolute atomic E-state index is 6.47. The molecule has 0 radical (unpaired) electrons. The van der Waals surface area contributed by atoms with Crippen LogP contribution >= 0.6 is 22.9 Å². The number of benzene rings is 1. The van der Waals surface area contributed by atoms with E-state index in [0.717, 1.165) is 22.0 Å². The second-order valence-electron chi connectivity index (χ2n) is 6.35. The van der Waals surface area contributed by atoms with E-state index >= 15 is 0 Å². The number of hydrogen-bond acceptors (Lipinski definition) is 5. The smallest absolute Gasteiger partial charge is 0.193 e. The zero-order valence-electron chi connectivity index (χ0n) is 15.5. The third-order valence-corrected chi connectivity index (χ3v) is 5.05. The number of nitrogens with one attached hydrogen (secondary N) is 1. The van der Waals surface area contributed by atoms with Crippen molar-refractivity contribution in [2.75, 3.05) is 6.61 Å². The highest BCUT2D eigenvalue weighted by molar-refractivity contribution is 7.15. The van der Waals surface area contributed by atoms with Gasteiger partial charge in [-0.15, -0.1) is 11.3 Å². The van der Waals surface area contributed by atoms with Gasteiger partial charge < -0.3 is 14.8 Å². The number of fused-ring (bicyclic) bond motifs is 1. The van der Waals surface area contributed by atoms with Crippen LogP contribution in [0.5, 0.6) is 11.5 Å². The van der Waals surface area contributed by atoms with Gasteiger partial charge in [0.15, 0.2) is 16.5 Å². The lowest BCUT2D eigenvalue weighted by molar-refractivity contribution is 0.223. The third-order valence-electron chi connectivity index (χ3n) is 3.93. The van der Waals surface area contributed by atoms with Crippen LogP contribution in [0.1, 0.15) is 45.0 Å². The first-order valence-corrected chi connectivity index (χ1v) is 10.0. The number of ether oxygens (including phenoxy) is 2. The summed E-state index contributed by atoms with van der Waals surface area (Å²) in [7, 11) is 0. The Bertz CT molecular complexity index is 846. The summed E-state index contributed by atoms with van der Waals surface area (Å²) in [6, 6.07) is 3.90. The summed E-state index contributed by atoms with van der Waals surface area (Å²) >= 11 is 8.10. The van der Waals surface area contributed by atoms with Crippen molar-refractivity contribution in [2.45, 2.75) is 46.4 Å². The van der Waals surface area contributed by atoms with Gasteiger partial charge in [0.25, 0.3) is 0 Å². The molecule has 140 valence electrons. The van der Waals surface area contributed by atoms with Crippen molar-refractivity contribution in [3.05, 3.63) is 46.2 Å². The van der Waals surface area contributed by atoms with E-state index in [1.807, 2.05) is 48.9 Å². The highest BCUT2D eigenvalue weighted by Gasteiger charge is 2.15. The average molecular weight is 394 g/mol. The average Bonchev–Trinajstić information content (AvgIpc) is 3.17. The van der Waals surface area contributed by atoms with E-state index in [4.69, 9.17) is 21.1 Å². The lowest BCUT2D eigenvalue weighted by Crippen LogP contribution is -2.19. The number of halogens is 1. The van der Waals surface area contributed by atoms with Crippen LogP contribution in [0, 0.1) is 0 Å². The second-order valence-corrected chi connectivity index (χ2v) is 7.63. The summed E-state index contributed by atoms with van der Waals surface area (Å²) in [5.41, 5.74) is 1.98. The summed E-state index contributed by atoms with van der Waals surface area (Å²) in [5.74, 6) is 1.40. The topological polar surface area (TPSA) is 47.8 Å². The number of rotatable bonds is 8. The van der Waals surface area contributed by atoms with Crippen molar-refractivity contribution in [2.24, 2.45) is 0 Å². The Balaban J connectivity index is 1.73. The van der Waals surface area contributed by atoms with Crippen molar-refractivity contribution >= 4 is 27.9 Å². The number of hydrogen-bond donors (Lipinski definition) is 1. The first kappa shape index (κ1) is 19.0. The van der Waals surface area contributed by atoms with Crippen LogP contribution in [0.3, 0.4) is 0 Å². The molecule has 0 saturated carbocycles. The third kappa shape index (κ3) is 4.31. The van der Waals surface area contributed by atoms with Gasteiger partial charge in [0.05, 0.1) is 18.4 Å². The molecular weight excluding hydrogens is 370 g/mol. The summed E-state index contributed by atoms with van der Waals surface area (Å²) < 4.78 is 13.6. The fourth-order valence-electron chi connectivity index (χ4n) is 2.65. The van der Waals surface area contributed by atoms with Crippen LogP contribution in [0.4, 0.5) is 0 Å². The number of aromatic nitrogens is 2. The Morgan fingerprint density at radius 3 is 2.77 bits per heavy atom. The summed E-state index contributed by atoms with van der Waals surface area (Å²) in [6.07, 6.45) is 4.13. The summed E-state index contributed by atoms with van der Waals surface area (Å²) in [5, 5.41) is 6.17. The first-order valence-electron chi connectivity index (χ1n) is 8.75. The normalized spacial score (nSPS) is 12.7. The van der Waals surface area contributed by atoms with Crippen LogP contribution in [-0.4, -0.2) is 22.1 Å². The van der Waals surface area contributed by atoms with Gasteiger partial charge in [0, 0.05) is 41.4 Å². The molecule has 2 heterocycles. The van der Waals surface area contributed by atoms with Gasteiger partial charge in [-0.3, -0.25) is 4.40 Å². The Morgan fingerprint density at radius 1 is 1.27 bits per heavy atom. The molecule has 0 fully saturated rings. The molecule has 0 amide bonds. The van der Waals surface area contributed by atoms with Gasteiger partial charge >= 0.3 is 0 Å². The molecule has 0 spiro atoms. The van der Waals surface area contributed by atoms with E-state index in [1.54, 1.807) is 11.3 Å². The Hall–Kier alpha value is -1.76. The fourth-order valence-corrected chi connectivity index (χ4v) is 3.58. The molecule has 0 aliphatic rings. The molecule has 0 saturated heterocycles. The SMILES string of the molecule is CCOc1cc(CN[C@H](C)c2cn3ccsc3n2)c(Cl)cc1OC(C)C. The highest BCUT2D eigenvalue weighted by Crippen LogP contribution is 2.34. The van der Waals surface area contributed by atoms with E-state index < -0.39 is 0 Å². The maximum atomic E-state index is 6.47. The van der Waals surface area contributed by atoms with E-state index in [9.17, 15) is 0 Å². The molecule has 3 aromatic rings. The minimum Gasteiger partial charge on any atom is -0.490 e. The summed E-state index contributed by atoms with van der Waals surface area (Å²) in [6.45, 7) is 9.21. The van der Waals surface area contributed by atoms with Gasteiger partial charge in [-0.05, 0) is 39.3 Å². The largest absolute Gasteiger partial charge is 0.490 e. The zero-order valence-corrected chi connectivity index (χ0v) is 17.0. The molecule has 5 nitrogen and oxygen atoms in total. The molecular formula is C19H24ClN3O2S. The van der Waals surface area contributed by atoms with Gasteiger partial charge in [0.2, 0.25) is 0 Å². The lowest BCUT2D eigenvalue weighted by atomic mass is 10.1. The number of imidazole rings is 1. The molecule has 0 bridgehead atoms. The molecule has 7 heteroatoms. The van der Waals surface area contributed by atoms with E-state index in [-0.39, 0.29) is 12.1 Å². The van der Waals surface area contributed by atoms with Crippen LogP contribution in [0.2, 0.25) is 5.02 Å². The fraction of sp³-hybridized carbons (Fsp3) is 0.421. The monoisotopic (exact) mass is 393 g/mol. The summed E-state index contributed by atoms with van der Waals surface area (Å²) in [4.78, 5) is 5.64. The Labute approximate surface area is 162 Å². The quantitative estimate of drug-likeness (QED) is 0.579. The van der Waals surface area contributed by atoms with Crippen molar-refractivity contribution < 1.29 is 9.47 Å². The number of nitrogens with zero attached hydrogens (tertiary/aromatic N) is 2. The molecule has 0 unspecified atom stereocenters. The minimum absolute atomic E-state index is 0.0593. The second kappa shape index (κ2) is 8.29. The molecule has 0 aliphatic heterocycles. The van der Waals surface area contributed by atoms with Crippen molar-refractivity contribution in [1.29, 1.82) is 0 Å². The Morgan fingerprint density at radius 2 is 2.08 bits per heavy atom. The molecule has 0 aliphatic carbocycles. The molecule has 26 heavy (non-hydrogen) atoms. The van der Waals surface area contributed by atoms with Crippen LogP contribution in [-0.2, 0) is 6.54 Å². The molecule has 1 N–H and O–H groups in total. The van der Waals surface area contributed by atoms with Crippen LogP contribution in [0.25, 0.3) is 4.96 Å². The predicted molar refractivity (Wildman–Crippen MR) is 107 cm³/mol. The van der Waals surface area contributed by atoms with Gasteiger partial charge in [-0.25, -0.2) is 4.98 Å². The van der Waals surface area contributed by atoms with Gasteiger partial charge in [-0.2, -0.15) is 0 Å². The molecule has 2 aromatic heterocycles. The van der Waals surface area contributed by atoms with E-state index in [2.05, 4.69) is 23.4 Å². The van der Waals surface area contributed by atoms with Crippen molar-refractivity contribution in [3.63, 3.8) is 0 Å². The highest BCUT2D eigenvalue weighted by atomic mass is 35.5. The number of thiazole rings is 1. The van der Waals surface area contributed by atoms with Crippen LogP contribution in [0.15, 0.2) is 29.9 Å². The standard InChI is InChI=1S/C19H24ClN3O2S/c1-5-24-17-8-14(15(20)9-18(17)25-12(2)3)10-21-13(4)16-11-23-6-7-26-19(23)22-16/h6-9,11-13,21H,5,10H2,1-4H3/t13-/m1/s1. The maximum Gasteiger partial charge on any atom is 0.193 e. The lowest BCUT2D eigenvalue weighted by Gasteiger charge is -2.18. The van der Waals surface area contributed by atoms with Gasteiger partial charge in [0.1, 0.15) is 0 Å². The molecule has 3 rings (SSSR count). The first-order chi connectivity index (χ1) is 12.5. The molecule has 1 atom stereocenters. The van der Waals surface area contributed by atoms with Crippen molar-refractivity contribution in [1.82, 2.24) is 14.7 Å². The van der Waals surface area contributed by atoms with E-state index in [0.29, 0.717) is 23.9 Å². The van der Waals surface area contributed by atoms with Crippen LogP contribution < -0.4 is 14.8 Å². The van der Waals surface area contributed by atoms with Crippen molar-refractivity contribution in [3.8, 4) is 11.5 Å². The van der Waals surface area contributed by atoms with E-state index in [1.165, 1.54) is 0 Å². The zero-order chi connectivity index (χ0) is 18.7. The van der Waals surface area contributed by atoms with Gasteiger partial charge in [-0.1, -0.05) is 11.6 Å². The minimum atomic E-state index is 0.0593. The Kier molecular flexibility index (Phi) is 6.06. The predicted octanol–water partition coefficient (Wildman–Crippen LogP) is 5.09.